The van der Waals surface area contributed by atoms with Crippen molar-refractivity contribution < 1.29 is 14.2 Å². The Morgan fingerprint density at radius 3 is 2.93 bits per heavy atom. The van der Waals surface area contributed by atoms with E-state index in [9.17, 15) is 9.50 Å². The molecule has 0 aromatic heterocycles. The van der Waals surface area contributed by atoms with Crippen LogP contribution >= 0.6 is 0 Å². The van der Waals surface area contributed by atoms with Gasteiger partial charge in [0.1, 0.15) is 0 Å². The van der Waals surface area contributed by atoms with Gasteiger partial charge in [0.2, 0.25) is 0 Å². The number of hydrogen-bond donors (Lipinski definition) is 1. The summed E-state index contributed by atoms with van der Waals surface area (Å²) in [6.07, 6.45) is 1.75. The lowest BCUT2D eigenvalue weighted by atomic mass is 10.0. The van der Waals surface area contributed by atoms with Gasteiger partial charge < -0.3 is 9.84 Å². The standard InChI is InChI=1S/C12H15FO2/c1-3-5-10(14)8-9-6-4-7-11(15-2)12(9)13/h3-4,6-7,10,14H,1,5,8H2,2H3. The molecule has 3 heteroatoms. The fourth-order valence-corrected chi connectivity index (χ4v) is 1.40. The third-order valence-electron chi connectivity index (χ3n) is 2.16. The first-order valence-corrected chi connectivity index (χ1v) is 4.79. The minimum absolute atomic E-state index is 0.207. The number of hydrogen-bond acceptors (Lipinski definition) is 2. The highest BCUT2D eigenvalue weighted by molar-refractivity contribution is 5.31. The van der Waals surface area contributed by atoms with Crippen LogP contribution in [0.2, 0.25) is 0 Å². The van der Waals surface area contributed by atoms with E-state index in [1.54, 1.807) is 24.3 Å². The molecular weight excluding hydrogens is 195 g/mol. The molecule has 1 rings (SSSR count). The van der Waals surface area contributed by atoms with Crippen LogP contribution < -0.4 is 4.74 Å². The zero-order chi connectivity index (χ0) is 11.3. The predicted octanol–water partition coefficient (Wildman–Crippen LogP) is 2.31. The third-order valence-corrected chi connectivity index (χ3v) is 2.16. The Balaban J connectivity index is 2.80. The molecule has 0 saturated heterocycles. The van der Waals surface area contributed by atoms with Gasteiger partial charge in [-0.3, -0.25) is 0 Å². The Kier molecular flexibility index (Phi) is 4.31. The lowest BCUT2D eigenvalue weighted by molar-refractivity contribution is 0.177. The molecule has 0 aliphatic heterocycles. The summed E-state index contributed by atoms with van der Waals surface area (Å²) in [5.74, 6) is -0.193. The Labute approximate surface area is 89.0 Å². The van der Waals surface area contributed by atoms with Gasteiger partial charge in [-0.2, -0.15) is 0 Å². The monoisotopic (exact) mass is 210 g/mol. The molecule has 0 amide bonds. The van der Waals surface area contributed by atoms with Crippen LogP contribution in [-0.4, -0.2) is 18.3 Å². The largest absolute Gasteiger partial charge is 0.494 e. The first kappa shape index (κ1) is 11.7. The smallest absolute Gasteiger partial charge is 0.168 e. The molecular formula is C12H15FO2. The van der Waals surface area contributed by atoms with Gasteiger partial charge in [-0.15, -0.1) is 6.58 Å². The molecule has 1 N–H and O–H groups in total. The Morgan fingerprint density at radius 1 is 1.60 bits per heavy atom. The van der Waals surface area contributed by atoms with Crippen LogP contribution in [0.3, 0.4) is 0 Å². The van der Waals surface area contributed by atoms with Gasteiger partial charge in [0.05, 0.1) is 13.2 Å². The molecule has 0 radical (unpaired) electrons. The highest BCUT2D eigenvalue weighted by Crippen LogP contribution is 2.21. The van der Waals surface area contributed by atoms with Crippen molar-refractivity contribution in [2.45, 2.75) is 18.9 Å². The molecule has 1 atom stereocenters. The van der Waals surface area contributed by atoms with Crippen molar-refractivity contribution >= 4 is 0 Å². The van der Waals surface area contributed by atoms with Crippen molar-refractivity contribution in [3.8, 4) is 5.75 Å². The van der Waals surface area contributed by atoms with E-state index in [-0.39, 0.29) is 12.2 Å². The summed E-state index contributed by atoms with van der Waals surface area (Å²) in [6.45, 7) is 3.52. The molecule has 0 saturated carbocycles. The summed E-state index contributed by atoms with van der Waals surface area (Å²) in [6, 6.07) is 4.90. The van der Waals surface area contributed by atoms with E-state index in [0.717, 1.165) is 0 Å². The summed E-state index contributed by atoms with van der Waals surface area (Å²) in [4.78, 5) is 0. The van der Waals surface area contributed by atoms with Crippen LogP contribution in [0, 0.1) is 5.82 Å². The summed E-state index contributed by atoms with van der Waals surface area (Å²) < 4.78 is 18.5. The predicted molar refractivity (Wildman–Crippen MR) is 57.5 cm³/mol. The maximum Gasteiger partial charge on any atom is 0.168 e. The molecule has 1 aromatic carbocycles. The van der Waals surface area contributed by atoms with Crippen molar-refractivity contribution in [3.63, 3.8) is 0 Å². The highest BCUT2D eigenvalue weighted by atomic mass is 19.1. The summed E-state index contributed by atoms with van der Waals surface area (Å²) in [5.41, 5.74) is 0.462. The Bertz CT molecular complexity index is 336. The lowest BCUT2D eigenvalue weighted by Crippen LogP contribution is -2.10. The van der Waals surface area contributed by atoms with E-state index in [2.05, 4.69) is 6.58 Å². The molecule has 2 nitrogen and oxygen atoms in total. The van der Waals surface area contributed by atoms with Crippen molar-refractivity contribution in [1.29, 1.82) is 0 Å². The molecule has 82 valence electrons. The van der Waals surface area contributed by atoms with E-state index in [1.807, 2.05) is 0 Å². The first-order valence-electron chi connectivity index (χ1n) is 4.79. The Hall–Kier alpha value is -1.35. The van der Waals surface area contributed by atoms with Gasteiger partial charge in [-0.25, -0.2) is 4.39 Å². The van der Waals surface area contributed by atoms with Crippen molar-refractivity contribution in [3.05, 3.63) is 42.2 Å². The van der Waals surface area contributed by atoms with Crippen LogP contribution in [0.4, 0.5) is 4.39 Å². The van der Waals surface area contributed by atoms with Gasteiger partial charge >= 0.3 is 0 Å². The SMILES string of the molecule is C=CCC(O)Cc1cccc(OC)c1F. The van der Waals surface area contributed by atoms with Crippen LogP contribution in [0.5, 0.6) is 5.75 Å². The van der Waals surface area contributed by atoms with E-state index in [0.29, 0.717) is 12.0 Å². The molecule has 0 heterocycles. The second-order valence-corrected chi connectivity index (χ2v) is 3.32. The van der Waals surface area contributed by atoms with E-state index in [4.69, 9.17) is 4.74 Å². The minimum atomic E-state index is -0.593. The maximum absolute atomic E-state index is 13.6. The molecule has 0 aliphatic rings. The average molecular weight is 210 g/mol. The van der Waals surface area contributed by atoms with Crippen LogP contribution in [0.15, 0.2) is 30.9 Å². The van der Waals surface area contributed by atoms with Crippen LogP contribution in [0.25, 0.3) is 0 Å². The molecule has 0 aliphatic carbocycles. The van der Waals surface area contributed by atoms with Crippen molar-refractivity contribution in [2.24, 2.45) is 0 Å². The number of halogens is 1. The first-order chi connectivity index (χ1) is 7.19. The number of methoxy groups -OCH3 is 1. The summed E-state index contributed by atoms with van der Waals surface area (Å²) >= 11 is 0. The molecule has 0 fully saturated rings. The zero-order valence-electron chi connectivity index (χ0n) is 8.74. The fraction of sp³-hybridized carbons (Fsp3) is 0.333. The molecule has 15 heavy (non-hydrogen) atoms. The van der Waals surface area contributed by atoms with Gasteiger partial charge in [0.25, 0.3) is 0 Å². The second kappa shape index (κ2) is 5.51. The average Bonchev–Trinajstić information content (AvgIpc) is 2.21. The fourth-order valence-electron chi connectivity index (χ4n) is 1.40. The number of benzene rings is 1. The maximum atomic E-state index is 13.6. The van der Waals surface area contributed by atoms with Gasteiger partial charge in [0, 0.05) is 6.42 Å². The van der Waals surface area contributed by atoms with E-state index in [1.165, 1.54) is 7.11 Å². The molecule has 1 unspecified atom stereocenters. The summed E-state index contributed by atoms with van der Waals surface area (Å²) in [5, 5.41) is 9.51. The van der Waals surface area contributed by atoms with Gasteiger partial charge in [-0.05, 0) is 18.1 Å². The molecule has 0 bridgehead atoms. The number of aliphatic hydroxyl groups excluding tert-OH is 1. The molecule has 0 spiro atoms. The number of rotatable bonds is 5. The third kappa shape index (κ3) is 3.06. The Morgan fingerprint density at radius 2 is 2.33 bits per heavy atom. The zero-order valence-corrected chi connectivity index (χ0v) is 8.74. The van der Waals surface area contributed by atoms with E-state index < -0.39 is 11.9 Å². The topological polar surface area (TPSA) is 29.5 Å². The number of ether oxygens (including phenoxy) is 1. The normalized spacial score (nSPS) is 12.2. The van der Waals surface area contributed by atoms with Gasteiger partial charge in [0.15, 0.2) is 11.6 Å². The minimum Gasteiger partial charge on any atom is -0.494 e. The van der Waals surface area contributed by atoms with Crippen LogP contribution in [0.1, 0.15) is 12.0 Å². The summed E-state index contributed by atoms with van der Waals surface area (Å²) in [7, 11) is 1.42. The quantitative estimate of drug-likeness (QED) is 0.756. The van der Waals surface area contributed by atoms with E-state index >= 15 is 0 Å². The van der Waals surface area contributed by atoms with Gasteiger partial charge in [-0.1, -0.05) is 18.2 Å². The van der Waals surface area contributed by atoms with Crippen molar-refractivity contribution in [1.82, 2.24) is 0 Å². The highest BCUT2D eigenvalue weighted by Gasteiger charge is 2.11. The lowest BCUT2D eigenvalue weighted by Gasteiger charge is -2.10. The van der Waals surface area contributed by atoms with Crippen molar-refractivity contribution in [2.75, 3.05) is 7.11 Å². The van der Waals surface area contributed by atoms with Crippen LogP contribution in [-0.2, 0) is 6.42 Å². The number of aliphatic hydroxyl groups is 1. The second-order valence-electron chi connectivity index (χ2n) is 3.32. The molecule has 1 aromatic rings.